The lowest BCUT2D eigenvalue weighted by molar-refractivity contribution is 0.0644. The average molecular weight is 431 g/mol. The van der Waals surface area contributed by atoms with E-state index >= 15 is 0 Å². The van der Waals surface area contributed by atoms with Gasteiger partial charge >= 0.3 is 0 Å². The van der Waals surface area contributed by atoms with Gasteiger partial charge in [0.1, 0.15) is 0 Å². The van der Waals surface area contributed by atoms with Crippen molar-refractivity contribution in [1.82, 2.24) is 20.4 Å². The summed E-state index contributed by atoms with van der Waals surface area (Å²) in [6.07, 6.45) is 3.33. The van der Waals surface area contributed by atoms with Crippen molar-refractivity contribution in [3.63, 3.8) is 0 Å². The summed E-state index contributed by atoms with van der Waals surface area (Å²) in [5.74, 6) is 0.781. The van der Waals surface area contributed by atoms with Gasteiger partial charge in [-0.25, -0.2) is 0 Å². The van der Waals surface area contributed by atoms with Gasteiger partial charge in [0.05, 0.1) is 0 Å². The first-order valence-corrected chi connectivity index (χ1v) is 10.7. The molecule has 1 amide bonds. The molecule has 0 unspecified atom stereocenters. The number of nitrogens with one attached hydrogen (secondary N) is 2. The Morgan fingerprint density at radius 1 is 1.17 bits per heavy atom. The number of piperidine rings is 1. The Kier molecular flexibility index (Phi) is 7.32. The Bertz CT molecular complexity index is 883. The van der Waals surface area contributed by atoms with E-state index in [1.54, 1.807) is 0 Å². The minimum Gasteiger partial charge on any atom is -0.337 e. The standard InChI is InChI=1S/C23H30N4O2.ClH/c1-15(2)13-16-3-5-17(6-4-16)22(28)18-8-11-27(12-9-18)23(29)21-19-14-24-10-7-20(19)25-26-21;/h3-6,15,18,24H,7-14H2,1-2H3,(H,25,26);1H. The van der Waals surface area contributed by atoms with Crippen molar-refractivity contribution in [1.29, 1.82) is 0 Å². The third-order valence-electron chi connectivity index (χ3n) is 6.04. The van der Waals surface area contributed by atoms with Crippen LogP contribution in [0.25, 0.3) is 0 Å². The molecular weight excluding hydrogens is 400 g/mol. The van der Waals surface area contributed by atoms with Gasteiger partial charge < -0.3 is 10.2 Å². The number of benzene rings is 1. The lowest BCUT2D eigenvalue weighted by atomic mass is 9.88. The monoisotopic (exact) mass is 430 g/mol. The highest BCUT2D eigenvalue weighted by Gasteiger charge is 2.31. The molecule has 6 nitrogen and oxygen atoms in total. The molecule has 0 aliphatic carbocycles. The summed E-state index contributed by atoms with van der Waals surface area (Å²) in [5.41, 5.74) is 4.67. The number of Topliss-reactive ketones (excluding diaryl/α,β-unsaturated/α-hetero) is 1. The largest absolute Gasteiger partial charge is 0.337 e. The van der Waals surface area contributed by atoms with Gasteiger partial charge in [0, 0.05) is 55.3 Å². The maximum atomic E-state index is 12.9. The zero-order chi connectivity index (χ0) is 20.4. The number of hydrogen-bond donors (Lipinski definition) is 2. The minimum atomic E-state index is -0.0184. The van der Waals surface area contributed by atoms with Crippen LogP contribution >= 0.6 is 12.4 Å². The van der Waals surface area contributed by atoms with Crippen molar-refractivity contribution in [2.24, 2.45) is 11.8 Å². The molecule has 0 radical (unpaired) electrons. The number of ketones is 1. The molecule has 2 aliphatic rings. The minimum absolute atomic E-state index is 0. The highest BCUT2D eigenvalue weighted by molar-refractivity contribution is 5.98. The SMILES string of the molecule is CC(C)Cc1ccc(C(=O)C2CCN(C(=O)c3n[nH]c4c3CNCC4)CC2)cc1.Cl. The van der Waals surface area contributed by atoms with Crippen molar-refractivity contribution in [2.75, 3.05) is 19.6 Å². The van der Waals surface area contributed by atoms with Crippen molar-refractivity contribution in [3.8, 4) is 0 Å². The molecule has 2 aliphatic heterocycles. The summed E-state index contributed by atoms with van der Waals surface area (Å²) in [6.45, 7) is 7.21. The molecular formula is C23H31ClN4O2. The van der Waals surface area contributed by atoms with Crippen LogP contribution < -0.4 is 5.32 Å². The van der Waals surface area contributed by atoms with Gasteiger partial charge in [-0.15, -0.1) is 12.4 Å². The molecule has 0 atom stereocenters. The molecule has 1 aromatic carbocycles. The second-order valence-corrected chi connectivity index (χ2v) is 8.68. The summed E-state index contributed by atoms with van der Waals surface area (Å²) >= 11 is 0. The van der Waals surface area contributed by atoms with Crippen LogP contribution in [0.3, 0.4) is 0 Å². The quantitative estimate of drug-likeness (QED) is 0.712. The molecule has 2 aromatic rings. The number of halogens is 1. The summed E-state index contributed by atoms with van der Waals surface area (Å²) in [7, 11) is 0. The van der Waals surface area contributed by atoms with E-state index in [4.69, 9.17) is 0 Å². The van der Waals surface area contributed by atoms with Crippen molar-refractivity contribution < 1.29 is 9.59 Å². The number of nitrogens with zero attached hydrogens (tertiary/aromatic N) is 2. The lowest BCUT2D eigenvalue weighted by Gasteiger charge is -2.31. The topological polar surface area (TPSA) is 78.1 Å². The molecule has 7 heteroatoms. The fourth-order valence-electron chi connectivity index (χ4n) is 4.41. The first-order chi connectivity index (χ1) is 14.0. The predicted octanol–water partition coefficient (Wildman–Crippen LogP) is 3.41. The smallest absolute Gasteiger partial charge is 0.274 e. The number of aromatic amines is 1. The van der Waals surface area contributed by atoms with E-state index in [2.05, 4.69) is 41.5 Å². The van der Waals surface area contributed by atoms with E-state index in [0.717, 1.165) is 36.2 Å². The summed E-state index contributed by atoms with van der Waals surface area (Å²) in [6, 6.07) is 8.06. The van der Waals surface area contributed by atoms with Crippen LogP contribution in [0, 0.1) is 11.8 Å². The Balaban J connectivity index is 0.00000256. The zero-order valence-electron chi connectivity index (χ0n) is 17.7. The highest BCUT2D eigenvalue weighted by Crippen LogP contribution is 2.25. The lowest BCUT2D eigenvalue weighted by Crippen LogP contribution is -2.41. The molecule has 0 bridgehead atoms. The second kappa shape index (κ2) is 9.75. The maximum Gasteiger partial charge on any atom is 0.274 e. The molecule has 1 fully saturated rings. The third kappa shape index (κ3) is 4.76. The van der Waals surface area contributed by atoms with Crippen molar-refractivity contribution in [2.45, 2.75) is 46.1 Å². The molecule has 2 N–H and O–H groups in total. The highest BCUT2D eigenvalue weighted by atomic mass is 35.5. The van der Waals surface area contributed by atoms with Gasteiger partial charge in [-0.2, -0.15) is 5.10 Å². The number of H-pyrrole nitrogens is 1. The fourth-order valence-corrected chi connectivity index (χ4v) is 4.41. The Morgan fingerprint density at radius 2 is 1.87 bits per heavy atom. The number of carbonyl (C=O) groups is 2. The van der Waals surface area contributed by atoms with Gasteiger partial charge in [0.15, 0.2) is 11.5 Å². The first-order valence-electron chi connectivity index (χ1n) is 10.7. The van der Waals surface area contributed by atoms with E-state index in [-0.39, 0.29) is 30.0 Å². The van der Waals surface area contributed by atoms with Crippen LogP contribution in [0.2, 0.25) is 0 Å². The molecule has 162 valence electrons. The zero-order valence-corrected chi connectivity index (χ0v) is 18.6. The Hall–Kier alpha value is -2.18. The number of fused-ring (bicyclic) bond motifs is 1. The van der Waals surface area contributed by atoms with Crippen LogP contribution in [-0.4, -0.2) is 46.4 Å². The number of hydrogen-bond acceptors (Lipinski definition) is 4. The van der Waals surface area contributed by atoms with Gasteiger partial charge in [0.25, 0.3) is 5.91 Å². The number of carbonyl (C=O) groups excluding carboxylic acids is 2. The van der Waals surface area contributed by atoms with E-state index in [1.165, 1.54) is 5.56 Å². The van der Waals surface area contributed by atoms with Crippen molar-refractivity contribution in [3.05, 3.63) is 52.3 Å². The van der Waals surface area contributed by atoms with E-state index in [1.807, 2.05) is 17.0 Å². The Labute approximate surface area is 184 Å². The maximum absolute atomic E-state index is 12.9. The van der Waals surface area contributed by atoms with Crippen LogP contribution in [0.1, 0.15) is 64.4 Å². The van der Waals surface area contributed by atoms with E-state index in [0.29, 0.717) is 44.1 Å². The molecule has 0 saturated carbocycles. The number of aromatic nitrogens is 2. The van der Waals surface area contributed by atoms with E-state index < -0.39 is 0 Å². The third-order valence-corrected chi connectivity index (χ3v) is 6.04. The number of likely N-dealkylation sites (tertiary alicyclic amines) is 1. The van der Waals surface area contributed by atoms with Gasteiger partial charge in [-0.05, 0) is 30.7 Å². The summed E-state index contributed by atoms with van der Waals surface area (Å²) in [5, 5.41) is 10.6. The second-order valence-electron chi connectivity index (χ2n) is 8.68. The van der Waals surface area contributed by atoms with Gasteiger partial charge in [0.2, 0.25) is 0 Å². The van der Waals surface area contributed by atoms with E-state index in [9.17, 15) is 9.59 Å². The normalized spacial score (nSPS) is 16.8. The predicted molar refractivity (Wildman–Crippen MR) is 119 cm³/mol. The summed E-state index contributed by atoms with van der Waals surface area (Å²) in [4.78, 5) is 27.7. The summed E-state index contributed by atoms with van der Waals surface area (Å²) < 4.78 is 0. The molecule has 1 aromatic heterocycles. The van der Waals surface area contributed by atoms with Gasteiger partial charge in [-0.3, -0.25) is 14.7 Å². The van der Waals surface area contributed by atoms with Crippen LogP contribution in [0.5, 0.6) is 0 Å². The molecule has 0 spiro atoms. The van der Waals surface area contributed by atoms with Gasteiger partial charge in [-0.1, -0.05) is 38.1 Å². The Morgan fingerprint density at radius 3 is 2.53 bits per heavy atom. The molecule has 1 saturated heterocycles. The van der Waals surface area contributed by atoms with Crippen LogP contribution in [-0.2, 0) is 19.4 Å². The fraction of sp³-hybridized carbons (Fsp3) is 0.522. The number of amides is 1. The molecule has 4 rings (SSSR count). The number of rotatable bonds is 5. The first kappa shape index (κ1) is 22.5. The van der Waals surface area contributed by atoms with Crippen LogP contribution in [0.4, 0.5) is 0 Å². The van der Waals surface area contributed by atoms with Crippen molar-refractivity contribution >= 4 is 24.1 Å². The van der Waals surface area contributed by atoms with Crippen LogP contribution in [0.15, 0.2) is 24.3 Å². The molecule has 3 heterocycles. The molecule has 30 heavy (non-hydrogen) atoms. The average Bonchev–Trinajstić information content (AvgIpc) is 3.17.